The number of nitrogens with one attached hydrogen (secondary N) is 1. The molecule has 0 saturated carbocycles. The molecule has 1 nitrogen and oxygen atoms in total. The van der Waals surface area contributed by atoms with Gasteiger partial charge in [-0.15, -0.1) is 0 Å². The molecule has 2 aliphatic rings. The highest BCUT2D eigenvalue weighted by molar-refractivity contribution is 7.99. The van der Waals surface area contributed by atoms with Crippen molar-refractivity contribution in [2.24, 2.45) is 0 Å². The van der Waals surface area contributed by atoms with Crippen LogP contribution in [0.2, 0.25) is 0 Å². The van der Waals surface area contributed by atoms with Gasteiger partial charge in [0.2, 0.25) is 0 Å². The molecule has 0 aromatic heterocycles. The van der Waals surface area contributed by atoms with Gasteiger partial charge in [0, 0.05) is 5.54 Å². The van der Waals surface area contributed by atoms with E-state index >= 15 is 0 Å². The maximum absolute atomic E-state index is 3.62. The summed E-state index contributed by atoms with van der Waals surface area (Å²) in [6.07, 6.45) is 7.16. The van der Waals surface area contributed by atoms with Crippen molar-refractivity contribution in [3.05, 3.63) is 0 Å². The van der Waals surface area contributed by atoms with Gasteiger partial charge < -0.3 is 5.32 Å². The van der Waals surface area contributed by atoms with E-state index in [1.807, 2.05) is 0 Å². The Balaban J connectivity index is 1.86. The van der Waals surface area contributed by atoms with Crippen molar-refractivity contribution in [2.75, 3.05) is 18.1 Å². The van der Waals surface area contributed by atoms with Crippen molar-refractivity contribution in [1.82, 2.24) is 5.32 Å². The van der Waals surface area contributed by atoms with Crippen LogP contribution in [0.5, 0.6) is 0 Å². The van der Waals surface area contributed by atoms with Crippen molar-refractivity contribution in [3.8, 4) is 0 Å². The van der Waals surface area contributed by atoms with Crippen molar-refractivity contribution in [1.29, 1.82) is 0 Å². The van der Waals surface area contributed by atoms with Crippen LogP contribution in [0.3, 0.4) is 0 Å². The molecule has 0 aromatic carbocycles. The maximum atomic E-state index is 3.62. The van der Waals surface area contributed by atoms with Gasteiger partial charge in [0.05, 0.1) is 0 Å². The Labute approximate surface area is 73.3 Å². The minimum Gasteiger partial charge on any atom is -0.311 e. The van der Waals surface area contributed by atoms with Crippen LogP contribution in [-0.2, 0) is 0 Å². The lowest BCUT2D eigenvalue weighted by Crippen LogP contribution is -2.57. The van der Waals surface area contributed by atoms with Crippen molar-refractivity contribution in [2.45, 2.75) is 37.6 Å². The first kappa shape index (κ1) is 7.93. The molecule has 0 radical (unpaired) electrons. The van der Waals surface area contributed by atoms with Crippen molar-refractivity contribution in [3.63, 3.8) is 0 Å². The normalized spacial score (nSPS) is 30.5. The van der Waals surface area contributed by atoms with E-state index < -0.39 is 0 Å². The fourth-order valence-electron chi connectivity index (χ4n) is 2.16. The van der Waals surface area contributed by atoms with Gasteiger partial charge in [0.25, 0.3) is 0 Å². The molecule has 1 N–H and O–H groups in total. The monoisotopic (exact) mass is 171 g/mol. The van der Waals surface area contributed by atoms with Crippen LogP contribution in [0.25, 0.3) is 0 Å². The van der Waals surface area contributed by atoms with E-state index in [9.17, 15) is 0 Å². The summed E-state index contributed by atoms with van der Waals surface area (Å²) in [6.45, 7) is 1.27. The Morgan fingerprint density at radius 1 is 1.00 bits per heavy atom. The molecule has 0 bridgehead atoms. The Morgan fingerprint density at radius 3 is 2.09 bits per heavy atom. The molecule has 2 saturated heterocycles. The molecular formula is C9H17NS. The smallest absolute Gasteiger partial charge is 0.0194 e. The summed E-state index contributed by atoms with van der Waals surface area (Å²) >= 11 is 2.14. The van der Waals surface area contributed by atoms with Gasteiger partial charge in [-0.1, -0.05) is 0 Å². The summed E-state index contributed by atoms with van der Waals surface area (Å²) in [5.41, 5.74) is 0.612. The summed E-state index contributed by atoms with van der Waals surface area (Å²) < 4.78 is 0. The lowest BCUT2D eigenvalue weighted by Gasteiger charge is -2.44. The molecule has 11 heavy (non-hydrogen) atoms. The minimum atomic E-state index is 0.612. The molecule has 0 atom stereocenters. The third kappa shape index (κ3) is 1.73. The number of thioether (sulfide) groups is 1. The van der Waals surface area contributed by atoms with Crippen LogP contribution < -0.4 is 5.32 Å². The van der Waals surface area contributed by atoms with Crippen LogP contribution in [0.1, 0.15) is 32.1 Å². The van der Waals surface area contributed by atoms with E-state index in [0.29, 0.717) is 5.54 Å². The lowest BCUT2D eigenvalue weighted by atomic mass is 9.80. The Morgan fingerprint density at radius 2 is 1.64 bits per heavy atom. The average Bonchev–Trinajstić information content (AvgIpc) is 1.82. The zero-order chi connectivity index (χ0) is 7.57. The second-order valence-corrected chi connectivity index (χ2v) is 5.00. The summed E-state index contributed by atoms with van der Waals surface area (Å²) in [5, 5.41) is 3.62. The molecular weight excluding hydrogens is 154 g/mol. The highest BCUT2D eigenvalue weighted by Gasteiger charge is 2.35. The fourth-order valence-corrected chi connectivity index (χ4v) is 3.06. The molecule has 2 aliphatic heterocycles. The second-order valence-electron chi connectivity index (χ2n) is 3.78. The first-order valence-electron chi connectivity index (χ1n) is 4.74. The Bertz CT molecular complexity index is 122. The largest absolute Gasteiger partial charge is 0.311 e. The molecule has 2 rings (SSSR count). The van der Waals surface area contributed by atoms with Gasteiger partial charge in [0.1, 0.15) is 0 Å². The van der Waals surface area contributed by atoms with Crippen molar-refractivity contribution >= 4 is 11.8 Å². The molecule has 2 fully saturated rings. The second kappa shape index (κ2) is 3.36. The van der Waals surface area contributed by atoms with Gasteiger partial charge in [-0.05, 0) is 50.2 Å². The maximum Gasteiger partial charge on any atom is 0.0194 e. The molecule has 0 unspecified atom stereocenters. The van der Waals surface area contributed by atoms with Gasteiger partial charge >= 0.3 is 0 Å². The molecule has 64 valence electrons. The third-order valence-electron chi connectivity index (χ3n) is 2.99. The number of hydrogen-bond donors (Lipinski definition) is 1. The van der Waals surface area contributed by atoms with Crippen LogP contribution >= 0.6 is 11.8 Å². The number of hydrogen-bond acceptors (Lipinski definition) is 2. The zero-order valence-electron chi connectivity index (χ0n) is 7.07. The first-order valence-corrected chi connectivity index (χ1v) is 5.90. The highest BCUT2D eigenvalue weighted by atomic mass is 32.2. The topological polar surface area (TPSA) is 12.0 Å². The van der Waals surface area contributed by atoms with Crippen LogP contribution in [0.4, 0.5) is 0 Å². The number of rotatable bonds is 0. The lowest BCUT2D eigenvalue weighted by molar-refractivity contribution is 0.173. The molecule has 0 aromatic rings. The fraction of sp³-hybridized carbons (Fsp3) is 1.00. The van der Waals surface area contributed by atoms with Crippen LogP contribution in [0.15, 0.2) is 0 Å². The Kier molecular flexibility index (Phi) is 2.42. The van der Waals surface area contributed by atoms with E-state index in [1.165, 1.54) is 50.2 Å². The highest BCUT2D eigenvalue weighted by Crippen LogP contribution is 2.32. The molecule has 2 heteroatoms. The molecule has 2 heterocycles. The van der Waals surface area contributed by atoms with E-state index in [1.54, 1.807) is 0 Å². The van der Waals surface area contributed by atoms with E-state index in [2.05, 4.69) is 17.1 Å². The minimum absolute atomic E-state index is 0.612. The van der Waals surface area contributed by atoms with E-state index in [-0.39, 0.29) is 0 Å². The summed E-state index contributed by atoms with van der Waals surface area (Å²) in [5.74, 6) is 2.78. The molecule has 1 spiro atoms. The predicted octanol–water partition coefficient (Wildman–Crippen LogP) is 2.03. The summed E-state index contributed by atoms with van der Waals surface area (Å²) in [7, 11) is 0. The predicted molar refractivity (Wildman–Crippen MR) is 51.1 cm³/mol. The van der Waals surface area contributed by atoms with Gasteiger partial charge in [-0.2, -0.15) is 11.8 Å². The summed E-state index contributed by atoms with van der Waals surface area (Å²) in [4.78, 5) is 0. The first-order chi connectivity index (χ1) is 5.41. The van der Waals surface area contributed by atoms with Crippen molar-refractivity contribution < 1.29 is 0 Å². The van der Waals surface area contributed by atoms with Gasteiger partial charge in [-0.25, -0.2) is 0 Å². The van der Waals surface area contributed by atoms with E-state index in [4.69, 9.17) is 0 Å². The quantitative estimate of drug-likeness (QED) is 0.598. The van der Waals surface area contributed by atoms with Gasteiger partial charge in [0.15, 0.2) is 0 Å². The average molecular weight is 171 g/mol. The van der Waals surface area contributed by atoms with Gasteiger partial charge in [-0.3, -0.25) is 0 Å². The van der Waals surface area contributed by atoms with Crippen LogP contribution in [-0.4, -0.2) is 23.6 Å². The molecule has 0 amide bonds. The van der Waals surface area contributed by atoms with Crippen LogP contribution in [0, 0.1) is 0 Å². The Hall–Kier alpha value is 0.310. The molecule has 0 aliphatic carbocycles. The summed E-state index contributed by atoms with van der Waals surface area (Å²) in [6, 6.07) is 0. The zero-order valence-corrected chi connectivity index (χ0v) is 7.88. The standard InChI is InChI=1S/C9H17NS/c1-3-9(5-6-10-9)4-2-8-11-7-1/h10H,1-8H2. The third-order valence-corrected chi connectivity index (χ3v) is 4.15. The van der Waals surface area contributed by atoms with E-state index in [0.717, 1.165) is 0 Å². The SMILES string of the molecule is C1CSCCCC2(C1)CCN2.